The lowest BCUT2D eigenvalue weighted by Crippen LogP contribution is -2.41. The van der Waals surface area contributed by atoms with Gasteiger partial charge in [-0.05, 0) is 28.7 Å². The molecule has 0 spiro atoms. The summed E-state index contributed by atoms with van der Waals surface area (Å²) in [5.74, 6) is 0.0796. The van der Waals surface area contributed by atoms with Crippen LogP contribution in [0.1, 0.15) is 30.4 Å². The van der Waals surface area contributed by atoms with E-state index in [0.717, 1.165) is 0 Å². The predicted octanol–water partition coefficient (Wildman–Crippen LogP) is 3.22. The molecule has 3 rings (SSSR count). The maximum Gasteiger partial charge on any atom is 0.408 e. The van der Waals surface area contributed by atoms with Crippen LogP contribution in [0.5, 0.6) is 0 Å². The molecule has 114 valence electrons. The molecule has 0 bridgehead atoms. The Morgan fingerprint density at radius 3 is 2.23 bits per heavy atom. The average Bonchev–Trinajstić information content (AvgIpc) is 2.87. The Bertz CT molecular complexity index is 639. The van der Waals surface area contributed by atoms with Crippen molar-refractivity contribution in [3.8, 4) is 11.1 Å². The van der Waals surface area contributed by atoms with Crippen LogP contribution in [-0.2, 0) is 4.74 Å². The summed E-state index contributed by atoms with van der Waals surface area (Å²) in [4.78, 5) is 11.8. The third-order valence-electron chi connectivity index (χ3n) is 4.09. The lowest BCUT2D eigenvalue weighted by Gasteiger charge is -2.16. The first-order chi connectivity index (χ1) is 10.7. The van der Waals surface area contributed by atoms with E-state index in [2.05, 4.69) is 29.6 Å². The number of carbonyl (C=O) groups is 1. The van der Waals surface area contributed by atoms with Crippen LogP contribution in [-0.4, -0.2) is 18.9 Å². The summed E-state index contributed by atoms with van der Waals surface area (Å²) in [6.45, 7) is 2.23. The van der Waals surface area contributed by atoms with Gasteiger partial charge in [0.2, 0.25) is 0 Å². The molecule has 2 aromatic carbocycles. The van der Waals surface area contributed by atoms with Crippen LogP contribution in [0, 0.1) is 0 Å². The molecule has 1 unspecified atom stereocenters. The fourth-order valence-electron chi connectivity index (χ4n) is 2.89. The van der Waals surface area contributed by atoms with Crippen LogP contribution >= 0.6 is 0 Å². The number of hydrogen-bond donors (Lipinski definition) is 2. The number of ether oxygens (including phenoxy) is 1. The third kappa shape index (κ3) is 2.70. The van der Waals surface area contributed by atoms with Gasteiger partial charge in [0.1, 0.15) is 6.61 Å². The molecule has 0 fully saturated rings. The maximum absolute atomic E-state index is 11.8. The van der Waals surface area contributed by atoms with E-state index in [1.165, 1.54) is 22.3 Å². The van der Waals surface area contributed by atoms with Crippen LogP contribution in [0.15, 0.2) is 48.5 Å². The molecular weight excluding hydrogens is 276 g/mol. The summed E-state index contributed by atoms with van der Waals surface area (Å²) >= 11 is 0. The Hall–Kier alpha value is -2.33. The Morgan fingerprint density at radius 1 is 1.14 bits per heavy atom. The van der Waals surface area contributed by atoms with E-state index in [1.807, 2.05) is 31.2 Å². The smallest absolute Gasteiger partial charge is 0.408 e. The van der Waals surface area contributed by atoms with E-state index >= 15 is 0 Å². The van der Waals surface area contributed by atoms with Gasteiger partial charge in [-0.2, -0.15) is 0 Å². The van der Waals surface area contributed by atoms with Gasteiger partial charge in [-0.25, -0.2) is 4.79 Å². The van der Waals surface area contributed by atoms with Crippen molar-refractivity contribution in [3.63, 3.8) is 0 Å². The molecule has 1 aliphatic carbocycles. The normalized spacial score (nSPS) is 14.1. The summed E-state index contributed by atoms with van der Waals surface area (Å²) < 4.78 is 5.38. The topological polar surface area (TPSA) is 64.3 Å². The Balaban J connectivity index is 1.78. The quantitative estimate of drug-likeness (QED) is 0.851. The number of carbonyl (C=O) groups excluding carboxylic acids is 1. The van der Waals surface area contributed by atoms with E-state index in [-0.39, 0.29) is 12.1 Å². The molecule has 2 aromatic rings. The van der Waals surface area contributed by atoms with Gasteiger partial charge in [0.05, 0.1) is 6.17 Å². The van der Waals surface area contributed by atoms with Gasteiger partial charge in [0.25, 0.3) is 0 Å². The number of benzene rings is 2. The van der Waals surface area contributed by atoms with E-state index in [9.17, 15) is 4.79 Å². The summed E-state index contributed by atoms with van der Waals surface area (Å²) in [5.41, 5.74) is 10.5. The molecule has 1 atom stereocenters. The van der Waals surface area contributed by atoms with E-state index in [1.54, 1.807) is 0 Å². The Labute approximate surface area is 130 Å². The molecule has 0 heterocycles. The first-order valence-electron chi connectivity index (χ1n) is 7.57. The van der Waals surface area contributed by atoms with Gasteiger partial charge in [-0.1, -0.05) is 55.5 Å². The molecule has 22 heavy (non-hydrogen) atoms. The highest BCUT2D eigenvalue weighted by Crippen LogP contribution is 2.44. The van der Waals surface area contributed by atoms with Crippen molar-refractivity contribution in [1.29, 1.82) is 0 Å². The second-order valence-electron chi connectivity index (χ2n) is 5.48. The highest BCUT2D eigenvalue weighted by molar-refractivity contribution is 5.79. The zero-order valence-corrected chi connectivity index (χ0v) is 12.6. The number of nitrogens with two attached hydrogens (primary N) is 1. The van der Waals surface area contributed by atoms with Gasteiger partial charge < -0.3 is 15.8 Å². The third-order valence-corrected chi connectivity index (χ3v) is 4.09. The lowest BCUT2D eigenvalue weighted by molar-refractivity contribution is 0.139. The summed E-state index contributed by atoms with van der Waals surface area (Å²) in [6.07, 6.45) is -0.156. The summed E-state index contributed by atoms with van der Waals surface area (Å²) in [5, 5.41) is 2.62. The molecule has 0 radical (unpaired) electrons. The highest BCUT2D eigenvalue weighted by Gasteiger charge is 2.28. The van der Waals surface area contributed by atoms with Crippen molar-refractivity contribution in [1.82, 2.24) is 5.32 Å². The van der Waals surface area contributed by atoms with Crippen LogP contribution in [0.2, 0.25) is 0 Å². The predicted molar refractivity (Wildman–Crippen MR) is 86.5 cm³/mol. The molecular formula is C18H20N2O2. The second kappa shape index (κ2) is 6.20. The number of alkyl carbamates (subject to hydrolysis) is 1. The zero-order valence-electron chi connectivity index (χ0n) is 12.6. The monoisotopic (exact) mass is 296 g/mol. The molecule has 0 aromatic heterocycles. The number of amides is 1. The van der Waals surface area contributed by atoms with E-state index in [0.29, 0.717) is 13.0 Å². The SMILES string of the molecule is CCC(N)NC(=O)OCC1c2ccccc2-c2ccccc21. The number of hydrogen-bond acceptors (Lipinski definition) is 3. The van der Waals surface area contributed by atoms with E-state index in [4.69, 9.17) is 10.5 Å². The minimum atomic E-state index is -0.462. The Morgan fingerprint density at radius 2 is 1.68 bits per heavy atom. The molecule has 1 amide bonds. The van der Waals surface area contributed by atoms with E-state index < -0.39 is 6.09 Å². The van der Waals surface area contributed by atoms with Crippen LogP contribution < -0.4 is 11.1 Å². The van der Waals surface area contributed by atoms with Gasteiger partial charge >= 0.3 is 6.09 Å². The number of fused-ring (bicyclic) bond motifs is 3. The largest absolute Gasteiger partial charge is 0.449 e. The summed E-state index contributed by atoms with van der Waals surface area (Å²) in [7, 11) is 0. The molecule has 4 nitrogen and oxygen atoms in total. The molecule has 3 N–H and O–H groups in total. The second-order valence-corrected chi connectivity index (χ2v) is 5.48. The molecule has 4 heteroatoms. The first-order valence-corrected chi connectivity index (χ1v) is 7.57. The summed E-state index contributed by atoms with van der Waals surface area (Å²) in [6, 6.07) is 16.5. The minimum absolute atomic E-state index is 0.0796. The maximum atomic E-state index is 11.8. The lowest BCUT2D eigenvalue weighted by atomic mass is 9.98. The zero-order chi connectivity index (χ0) is 15.5. The van der Waals surface area contributed by atoms with Gasteiger partial charge in [-0.3, -0.25) is 0 Å². The number of rotatable bonds is 4. The minimum Gasteiger partial charge on any atom is -0.449 e. The van der Waals surface area contributed by atoms with Crippen LogP contribution in [0.3, 0.4) is 0 Å². The fourth-order valence-corrected chi connectivity index (χ4v) is 2.89. The number of nitrogens with one attached hydrogen (secondary N) is 1. The first kappa shape index (κ1) is 14.6. The molecule has 1 aliphatic rings. The van der Waals surface area contributed by atoms with Crippen LogP contribution in [0.4, 0.5) is 4.79 Å². The molecule has 0 aliphatic heterocycles. The molecule has 0 saturated carbocycles. The van der Waals surface area contributed by atoms with Crippen LogP contribution in [0.25, 0.3) is 11.1 Å². The standard InChI is InChI=1S/C18H20N2O2/c1-2-17(19)20-18(21)22-11-16-14-9-5-3-7-12(14)13-8-4-6-10-15(13)16/h3-10,16-17H,2,11,19H2,1H3,(H,20,21). The molecule has 0 saturated heterocycles. The van der Waals surface area contributed by atoms with Crippen molar-refractivity contribution in [2.75, 3.05) is 6.61 Å². The highest BCUT2D eigenvalue weighted by atomic mass is 16.5. The van der Waals surface area contributed by atoms with Crippen molar-refractivity contribution >= 4 is 6.09 Å². The van der Waals surface area contributed by atoms with Crippen molar-refractivity contribution < 1.29 is 9.53 Å². The average molecular weight is 296 g/mol. The van der Waals surface area contributed by atoms with Crippen molar-refractivity contribution in [2.24, 2.45) is 5.73 Å². The van der Waals surface area contributed by atoms with Gasteiger partial charge in [-0.15, -0.1) is 0 Å². The van der Waals surface area contributed by atoms with Gasteiger partial charge in [0.15, 0.2) is 0 Å². The van der Waals surface area contributed by atoms with Crippen molar-refractivity contribution in [3.05, 3.63) is 59.7 Å². The van der Waals surface area contributed by atoms with Crippen molar-refractivity contribution in [2.45, 2.75) is 25.4 Å². The Kier molecular flexibility index (Phi) is 4.11. The van der Waals surface area contributed by atoms with Gasteiger partial charge in [0, 0.05) is 5.92 Å². The fraction of sp³-hybridized carbons (Fsp3) is 0.278.